The smallest absolute Gasteiger partial charge is 0.341 e. The summed E-state index contributed by atoms with van der Waals surface area (Å²) < 4.78 is 16.6. The third-order valence-electron chi connectivity index (χ3n) is 4.46. The molecule has 1 N–H and O–H groups in total. The molecule has 0 spiro atoms. The summed E-state index contributed by atoms with van der Waals surface area (Å²) in [4.78, 5) is 24.5. The van der Waals surface area contributed by atoms with Crippen molar-refractivity contribution in [2.45, 2.75) is 6.92 Å². The van der Waals surface area contributed by atoms with E-state index in [2.05, 4.69) is 21.2 Å². The maximum absolute atomic E-state index is 12.4. The molecule has 3 aromatic carbocycles. The summed E-state index contributed by atoms with van der Waals surface area (Å²) in [6, 6.07) is 18.4. The molecular formula is C24H21BrClNO5. The van der Waals surface area contributed by atoms with E-state index in [0.717, 1.165) is 15.6 Å². The second-order valence-electron chi connectivity index (χ2n) is 6.60. The topological polar surface area (TPSA) is 73.9 Å². The molecule has 32 heavy (non-hydrogen) atoms. The highest BCUT2D eigenvalue weighted by Gasteiger charge is 2.18. The number of nitrogens with one attached hydrogen (secondary N) is 1. The first-order valence-electron chi connectivity index (χ1n) is 9.75. The highest BCUT2D eigenvalue weighted by molar-refractivity contribution is 9.10. The molecule has 0 aliphatic heterocycles. The quantitative estimate of drug-likeness (QED) is 0.372. The Labute approximate surface area is 199 Å². The number of amides is 1. The van der Waals surface area contributed by atoms with Gasteiger partial charge in [-0.05, 0) is 52.2 Å². The summed E-state index contributed by atoms with van der Waals surface area (Å²) >= 11 is 9.73. The van der Waals surface area contributed by atoms with Crippen molar-refractivity contribution in [3.05, 3.63) is 75.7 Å². The van der Waals surface area contributed by atoms with Gasteiger partial charge in [-0.1, -0.05) is 48.0 Å². The fourth-order valence-corrected chi connectivity index (χ4v) is 3.65. The summed E-state index contributed by atoms with van der Waals surface area (Å²) in [5, 5.41) is 2.84. The number of halogens is 2. The number of esters is 1. The van der Waals surface area contributed by atoms with Crippen molar-refractivity contribution in [1.82, 2.24) is 0 Å². The van der Waals surface area contributed by atoms with Crippen molar-refractivity contribution in [3.8, 4) is 22.6 Å². The van der Waals surface area contributed by atoms with Crippen LogP contribution < -0.4 is 14.8 Å². The number of carbonyl (C=O) groups excluding carboxylic acids is 2. The first kappa shape index (κ1) is 23.6. The SMILES string of the molecule is CCOC(=O)c1cc(Cl)c(NC(=O)COc2ccc(-c3ccccc3)cc2Br)cc1OC. The largest absolute Gasteiger partial charge is 0.496 e. The molecule has 3 rings (SSSR count). The summed E-state index contributed by atoms with van der Waals surface area (Å²) in [5.41, 5.74) is 2.57. The van der Waals surface area contributed by atoms with Gasteiger partial charge in [-0.3, -0.25) is 4.79 Å². The van der Waals surface area contributed by atoms with Gasteiger partial charge in [0.15, 0.2) is 6.61 Å². The molecule has 8 heteroatoms. The minimum Gasteiger partial charge on any atom is -0.496 e. The van der Waals surface area contributed by atoms with Gasteiger partial charge in [0.1, 0.15) is 17.1 Å². The van der Waals surface area contributed by atoms with Gasteiger partial charge in [-0.15, -0.1) is 0 Å². The third-order valence-corrected chi connectivity index (χ3v) is 5.39. The highest BCUT2D eigenvalue weighted by Crippen LogP contribution is 2.32. The number of hydrogen-bond acceptors (Lipinski definition) is 5. The van der Waals surface area contributed by atoms with Crippen LogP contribution in [0.4, 0.5) is 5.69 Å². The number of rotatable bonds is 8. The zero-order valence-electron chi connectivity index (χ0n) is 17.5. The van der Waals surface area contributed by atoms with Crippen LogP contribution in [0.1, 0.15) is 17.3 Å². The van der Waals surface area contributed by atoms with Crippen LogP contribution in [-0.2, 0) is 9.53 Å². The van der Waals surface area contributed by atoms with Crippen molar-refractivity contribution < 1.29 is 23.8 Å². The van der Waals surface area contributed by atoms with Crippen molar-refractivity contribution in [2.75, 3.05) is 25.6 Å². The molecule has 166 valence electrons. The maximum Gasteiger partial charge on any atom is 0.341 e. The normalized spacial score (nSPS) is 10.4. The average molecular weight is 519 g/mol. The Bertz CT molecular complexity index is 1120. The van der Waals surface area contributed by atoms with Crippen LogP contribution in [0, 0.1) is 0 Å². The molecule has 0 radical (unpaired) electrons. The summed E-state index contributed by atoms with van der Waals surface area (Å²) in [6.45, 7) is 1.69. The number of benzene rings is 3. The second-order valence-corrected chi connectivity index (χ2v) is 7.86. The van der Waals surface area contributed by atoms with Gasteiger partial charge in [0.05, 0.1) is 28.9 Å². The molecular weight excluding hydrogens is 498 g/mol. The van der Waals surface area contributed by atoms with E-state index in [4.69, 9.17) is 25.8 Å². The molecule has 0 aromatic heterocycles. The van der Waals surface area contributed by atoms with Crippen LogP contribution in [0.2, 0.25) is 5.02 Å². The lowest BCUT2D eigenvalue weighted by Crippen LogP contribution is -2.20. The molecule has 0 aliphatic rings. The van der Waals surface area contributed by atoms with Crippen LogP contribution in [-0.4, -0.2) is 32.2 Å². The Morgan fingerprint density at radius 3 is 2.41 bits per heavy atom. The van der Waals surface area contributed by atoms with Crippen LogP contribution in [0.3, 0.4) is 0 Å². The molecule has 3 aromatic rings. The molecule has 0 bridgehead atoms. The van der Waals surface area contributed by atoms with E-state index in [9.17, 15) is 9.59 Å². The predicted octanol–water partition coefficient (Wildman–Crippen LogP) is 5.97. The van der Waals surface area contributed by atoms with Gasteiger partial charge in [0.2, 0.25) is 0 Å². The molecule has 0 fully saturated rings. The van der Waals surface area contributed by atoms with Crippen LogP contribution in [0.5, 0.6) is 11.5 Å². The Morgan fingerprint density at radius 1 is 1.00 bits per heavy atom. The molecule has 0 aliphatic carbocycles. The van der Waals surface area contributed by atoms with Crippen molar-refractivity contribution in [1.29, 1.82) is 0 Å². The van der Waals surface area contributed by atoms with E-state index < -0.39 is 11.9 Å². The minimum absolute atomic E-state index is 0.176. The van der Waals surface area contributed by atoms with Gasteiger partial charge >= 0.3 is 5.97 Å². The van der Waals surface area contributed by atoms with E-state index >= 15 is 0 Å². The van der Waals surface area contributed by atoms with E-state index in [0.29, 0.717) is 11.4 Å². The first-order chi connectivity index (χ1) is 15.4. The summed E-state index contributed by atoms with van der Waals surface area (Å²) in [5.74, 6) is -0.211. The number of ether oxygens (including phenoxy) is 3. The zero-order chi connectivity index (χ0) is 23.1. The molecule has 0 saturated carbocycles. The summed E-state index contributed by atoms with van der Waals surface area (Å²) in [6.07, 6.45) is 0. The molecule has 0 atom stereocenters. The average Bonchev–Trinajstić information content (AvgIpc) is 2.80. The van der Waals surface area contributed by atoms with E-state index in [1.165, 1.54) is 19.2 Å². The maximum atomic E-state index is 12.4. The van der Waals surface area contributed by atoms with E-state index in [1.807, 2.05) is 42.5 Å². The van der Waals surface area contributed by atoms with Gasteiger partial charge < -0.3 is 19.5 Å². The van der Waals surface area contributed by atoms with E-state index in [-0.39, 0.29) is 29.5 Å². The molecule has 0 heterocycles. The monoisotopic (exact) mass is 517 g/mol. The van der Waals surface area contributed by atoms with Gasteiger partial charge in [-0.25, -0.2) is 4.79 Å². The fraction of sp³-hybridized carbons (Fsp3) is 0.167. The predicted molar refractivity (Wildman–Crippen MR) is 128 cm³/mol. The Hall–Kier alpha value is -3.03. The highest BCUT2D eigenvalue weighted by atomic mass is 79.9. The van der Waals surface area contributed by atoms with Gasteiger partial charge in [-0.2, -0.15) is 0 Å². The third kappa shape index (κ3) is 5.81. The molecule has 1 amide bonds. The lowest BCUT2D eigenvalue weighted by Gasteiger charge is -2.14. The van der Waals surface area contributed by atoms with Gasteiger partial charge in [0.25, 0.3) is 5.91 Å². The van der Waals surface area contributed by atoms with Crippen molar-refractivity contribution in [2.24, 2.45) is 0 Å². The first-order valence-corrected chi connectivity index (χ1v) is 10.9. The Balaban J connectivity index is 1.67. The second kappa shape index (κ2) is 11.0. The van der Waals surface area contributed by atoms with Crippen molar-refractivity contribution >= 4 is 45.1 Å². The number of methoxy groups -OCH3 is 1. The standard InChI is InChI=1S/C24H21BrClNO5/c1-3-31-24(29)17-12-19(26)20(13-22(17)30-2)27-23(28)14-32-21-10-9-16(11-18(21)25)15-7-5-4-6-8-15/h4-13H,3,14H2,1-2H3,(H,27,28). The Kier molecular flexibility index (Phi) is 8.14. The minimum atomic E-state index is -0.559. The fourth-order valence-electron chi connectivity index (χ4n) is 2.94. The summed E-state index contributed by atoms with van der Waals surface area (Å²) in [7, 11) is 1.41. The molecule has 6 nitrogen and oxygen atoms in total. The number of carbonyl (C=O) groups is 2. The Morgan fingerprint density at radius 2 is 1.75 bits per heavy atom. The lowest BCUT2D eigenvalue weighted by atomic mass is 10.1. The number of anilines is 1. The van der Waals surface area contributed by atoms with Crippen LogP contribution in [0.15, 0.2) is 65.1 Å². The van der Waals surface area contributed by atoms with Crippen LogP contribution >= 0.6 is 27.5 Å². The van der Waals surface area contributed by atoms with Gasteiger partial charge in [0, 0.05) is 6.07 Å². The van der Waals surface area contributed by atoms with E-state index in [1.54, 1.807) is 13.0 Å². The molecule has 0 unspecified atom stereocenters. The lowest BCUT2D eigenvalue weighted by molar-refractivity contribution is -0.118. The number of hydrogen-bond donors (Lipinski definition) is 1. The van der Waals surface area contributed by atoms with Crippen molar-refractivity contribution in [3.63, 3.8) is 0 Å². The zero-order valence-corrected chi connectivity index (χ0v) is 19.8. The molecule has 0 saturated heterocycles. The van der Waals surface area contributed by atoms with Crippen LogP contribution in [0.25, 0.3) is 11.1 Å².